The van der Waals surface area contributed by atoms with Crippen LogP contribution in [0.25, 0.3) is 0 Å². The van der Waals surface area contributed by atoms with Crippen molar-refractivity contribution in [1.29, 1.82) is 0 Å². The fourth-order valence-corrected chi connectivity index (χ4v) is 3.04. The third kappa shape index (κ3) is 27.2. The molecule has 0 aromatic rings. The summed E-state index contributed by atoms with van der Waals surface area (Å²) in [5.74, 6) is -0.693. The normalized spacial score (nSPS) is 11.2. The van der Waals surface area contributed by atoms with E-state index >= 15 is 0 Å². The van der Waals surface area contributed by atoms with Crippen LogP contribution in [0.1, 0.15) is 58.3 Å². The number of nitrogens with one attached hydrogen (secondary N) is 6. The summed E-state index contributed by atoms with van der Waals surface area (Å²) < 4.78 is 0. The van der Waals surface area contributed by atoms with Crippen LogP contribution >= 0.6 is 0 Å². The van der Waals surface area contributed by atoms with E-state index in [4.69, 9.17) is 5.11 Å². The first-order valence-electron chi connectivity index (χ1n) is 12.2. The van der Waals surface area contributed by atoms with Crippen molar-refractivity contribution in [2.45, 2.75) is 58.3 Å². The molecule has 0 amide bonds. The molecule has 0 unspecified atom stereocenters. The van der Waals surface area contributed by atoms with Gasteiger partial charge in [0.25, 0.3) is 0 Å². The van der Waals surface area contributed by atoms with E-state index in [1.807, 2.05) is 0 Å². The largest absolute Gasteiger partial charge is 0.481 e. The monoisotopic (exact) mass is 430 g/mol. The Morgan fingerprint density at radius 2 is 0.833 bits per heavy atom. The molecule has 0 saturated heterocycles. The van der Waals surface area contributed by atoms with E-state index < -0.39 is 5.97 Å². The number of aliphatic carboxylic acids is 1. The van der Waals surface area contributed by atoms with E-state index in [9.17, 15) is 4.79 Å². The summed E-state index contributed by atoms with van der Waals surface area (Å²) >= 11 is 0. The standard InChI is InChI=1S/C22H50N6O2/c1-2-23-11-6-7-13-24-14-8-9-15-26-17-19-28-21-20-27-18-16-25-12-5-3-4-10-22(29)30/h23-28H,2-21H2,1H3,(H,29,30). The second-order valence-corrected chi connectivity index (χ2v) is 7.72. The van der Waals surface area contributed by atoms with Crippen molar-refractivity contribution in [3.05, 3.63) is 0 Å². The summed E-state index contributed by atoms with van der Waals surface area (Å²) in [7, 11) is 0. The van der Waals surface area contributed by atoms with Crippen LogP contribution in [-0.4, -0.2) is 89.6 Å². The van der Waals surface area contributed by atoms with Gasteiger partial charge < -0.3 is 37.0 Å². The summed E-state index contributed by atoms with van der Waals surface area (Å²) in [6.45, 7) is 14.7. The van der Waals surface area contributed by atoms with Crippen molar-refractivity contribution in [1.82, 2.24) is 31.9 Å². The highest BCUT2D eigenvalue weighted by molar-refractivity contribution is 5.66. The van der Waals surface area contributed by atoms with E-state index in [1.165, 1.54) is 25.7 Å². The number of carboxylic acid groups (broad SMARTS) is 1. The Bertz CT molecular complexity index is 348. The Hall–Kier alpha value is -0.770. The van der Waals surface area contributed by atoms with Gasteiger partial charge in [-0.2, -0.15) is 0 Å². The topological polar surface area (TPSA) is 109 Å². The Kier molecular flexibility index (Phi) is 25.6. The number of unbranched alkanes of at least 4 members (excludes halogenated alkanes) is 4. The zero-order valence-electron chi connectivity index (χ0n) is 19.5. The lowest BCUT2D eigenvalue weighted by Crippen LogP contribution is -2.35. The van der Waals surface area contributed by atoms with E-state index in [2.05, 4.69) is 38.8 Å². The van der Waals surface area contributed by atoms with Gasteiger partial charge in [0, 0.05) is 45.7 Å². The summed E-state index contributed by atoms with van der Waals surface area (Å²) in [4.78, 5) is 10.4. The fraction of sp³-hybridized carbons (Fsp3) is 0.955. The van der Waals surface area contributed by atoms with Crippen LogP contribution in [0, 0.1) is 0 Å². The molecule has 0 bridgehead atoms. The summed E-state index contributed by atoms with van der Waals surface area (Å²) in [5.41, 5.74) is 0. The maximum Gasteiger partial charge on any atom is 0.303 e. The van der Waals surface area contributed by atoms with Gasteiger partial charge >= 0.3 is 5.97 Å². The highest BCUT2D eigenvalue weighted by Crippen LogP contribution is 1.98. The number of carbonyl (C=O) groups is 1. The SMILES string of the molecule is CCNCCCCNCCCCNCCNCCNCCNCCCCCC(=O)O. The second-order valence-electron chi connectivity index (χ2n) is 7.72. The summed E-state index contributed by atoms with van der Waals surface area (Å²) in [5, 5.41) is 29.2. The van der Waals surface area contributed by atoms with Gasteiger partial charge in [-0.15, -0.1) is 0 Å². The van der Waals surface area contributed by atoms with Crippen LogP contribution < -0.4 is 31.9 Å². The molecule has 8 heteroatoms. The Morgan fingerprint density at radius 1 is 0.500 bits per heavy atom. The first-order valence-corrected chi connectivity index (χ1v) is 12.2. The molecule has 0 fully saturated rings. The van der Waals surface area contributed by atoms with E-state index in [0.717, 1.165) is 97.8 Å². The van der Waals surface area contributed by atoms with Crippen LogP contribution in [0.5, 0.6) is 0 Å². The van der Waals surface area contributed by atoms with E-state index in [-0.39, 0.29) is 0 Å². The number of hydrogen-bond donors (Lipinski definition) is 7. The molecule has 0 aromatic carbocycles. The third-order valence-electron chi connectivity index (χ3n) is 4.84. The first-order chi connectivity index (χ1) is 14.8. The van der Waals surface area contributed by atoms with Crippen molar-refractivity contribution in [3.63, 3.8) is 0 Å². The molecule has 0 radical (unpaired) electrons. The smallest absolute Gasteiger partial charge is 0.303 e. The predicted octanol–water partition coefficient (Wildman–Crippen LogP) is 0.749. The molecule has 0 saturated carbocycles. The van der Waals surface area contributed by atoms with Crippen LogP contribution in [0.4, 0.5) is 0 Å². The lowest BCUT2D eigenvalue weighted by Gasteiger charge is -2.09. The molecule has 0 aliphatic heterocycles. The van der Waals surface area contributed by atoms with Gasteiger partial charge in [0.05, 0.1) is 0 Å². The minimum atomic E-state index is -0.693. The van der Waals surface area contributed by atoms with Gasteiger partial charge in [0.15, 0.2) is 0 Å². The number of rotatable bonds is 26. The van der Waals surface area contributed by atoms with Crippen LogP contribution in [0.15, 0.2) is 0 Å². The molecule has 0 aromatic heterocycles. The molecule has 7 N–H and O–H groups in total. The van der Waals surface area contributed by atoms with Crippen molar-refractivity contribution in [3.8, 4) is 0 Å². The second kappa shape index (κ2) is 26.3. The highest BCUT2D eigenvalue weighted by Gasteiger charge is 1.96. The van der Waals surface area contributed by atoms with E-state index in [1.54, 1.807) is 0 Å². The van der Waals surface area contributed by atoms with Gasteiger partial charge in [0.2, 0.25) is 0 Å². The quantitative estimate of drug-likeness (QED) is 0.101. The molecule has 8 nitrogen and oxygen atoms in total. The average molecular weight is 431 g/mol. The van der Waals surface area contributed by atoms with Gasteiger partial charge in [-0.3, -0.25) is 4.79 Å². The fourth-order valence-electron chi connectivity index (χ4n) is 3.04. The van der Waals surface area contributed by atoms with Crippen LogP contribution in [0.2, 0.25) is 0 Å². The van der Waals surface area contributed by atoms with Crippen molar-refractivity contribution in [2.75, 3.05) is 78.5 Å². The third-order valence-corrected chi connectivity index (χ3v) is 4.84. The van der Waals surface area contributed by atoms with Crippen LogP contribution in [-0.2, 0) is 4.79 Å². The Balaban J connectivity index is 2.99. The van der Waals surface area contributed by atoms with Crippen molar-refractivity contribution >= 4 is 5.97 Å². The maximum atomic E-state index is 10.4. The molecular weight excluding hydrogens is 380 g/mol. The predicted molar refractivity (Wildman–Crippen MR) is 127 cm³/mol. The maximum absolute atomic E-state index is 10.4. The van der Waals surface area contributed by atoms with Gasteiger partial charge in [-0.1, -0.05) is 13.3 Å². The molecular formula is C22H50N6O2. The Labute approximate surface area is 185 Å². The lowest BCUT2D eigenvalue weighted by atomic mass is 10.2. The highest BCUT2D eigenvalue weighted by atomic mass is 16.4. The zero-order valence-corrected chi connectivity index (χ0v) is 19.5. The average Bonchev–Trinajstić information content (AvgIpc) is 2.73. The van der Waals surface area contributed by atoms with Gasteiger partial charge in [0.1, 0.15) is 0 Å². The molecule has 0 atom stereocenters. The summed E-state index contributed by atoms with van der Waals surface area (Å²) in [6.07, 6.45) is 8.11. The molecule has 0 aliphatic rings. The minimum absolute atomic E-state index is 0.291. The van der Waals surface area contributed by atoms with Crippen molar-refractivity contribution < 1.29 is 9.90 Å². The molecule has 30 heavy (non-hydrogen) atoms. The minimum Gasteiger partial charge on any atom is -0.481 e. The molecule has 180 valence electrons. The van der Waals surface area contributed by atoms with Gasteiger partial charge in [-0.25, -0.2) is 0 Å². The number of carboxylic acids is 1. The molecule has 0 spiro atoms. The summed E-state index contributed by atoms with van der Waals surface area (Å²) in [6, 6.07) is 0. The zero-order chi connectivity index (χ0) is 22.0. The van der Waals surface area contributed by atoms with Crippen molar-refractivity contribution in [2.24, 2.45) is 0 Å². The molecule has 0 rings (SSSR count). The van der Waals surface area contributed by atoms with E-state index in [0.29, 0.717) is 6.42 Å². The Morgan fingerprint density at radius 3 is 1.23 bits per heavy atom. The molecule has 0 heterocycles. The van der Waals surface area contributed by atoms with Crippen LogP contribution in [0.3, 0.4) is 0 Å². The number of hydrogen-bond acceptors (Lipinski definition) is 7. The first kappa shape index (κ1) is 29.2. The van der Waals surface area contributed by atoms with Gasteiger partial charge in [-0.05, 0) is 77.8 Å². The molecule has 0 aliphatic carbocycles. The lowest BCUT2D eigenvalue weighted by molar-refractivity contribution is -0.137.